The molecule has 1 heteroatoms. The summed E-state index contributed by atoms with van der Waals surface area (Å²) in [6.07, 6.45) is 12.8. The molecule has 0 radical (unpaired) electrons. The monoisotopic (exact) mass is 289 g/mol. The van der Waals surface area contributed by atoms with Crippen LogP contribution < -0.4 is 16.2 Å². The second-order valence-corrected chi connectivity index (χ2v) is 6.71. The molecule has 0 heterocycles. The number of hydrogen-bond acceptors (Lipinski definition) is 1. The van der Waals surface area contributed by atoms with Gasteiger partial charge in [0.05, 0.1) is 0 Å². The highest BCUT2D eigenvalue weighted by molar-refractivity contribution is 5.90. The zero-order valence-electron chi connectivity index (χ0n) is 13.2. The summed E-state index contributed by atoms with van der Waals surface area (Å²) in [5.74, 6) is 0. The van der Waals surface area contributed by atoms with Gasteiger partial charge in [0.2, 0.25) is 0 Å². The molecule has 2 aliphatic rings. The normalized spacial score (nSPS) is 17.8. The highest BCUT2D eigenvalue weighted by atomic mass is 14.6. The second kappa shape index (κ2) is 5.40. The van der Waals surface area contributed by atoms with Crippen LogP contribution in [0.2, 0.25) is 0 Å². The predicted octanol–water partition coefficient (Wildman–Crippen LogP) is 3.26. The molecule has 0 aliphatic heterocycles. The highest BCUT2D eigenvalue weighted by Crippen LogP contribution is 2.23. The van der Waals surface area contributed by atoms with Crippen LogP contribution in [0.25, 0.3) is 28.5 Å². The first-order valence-electron chi connectivity index (χ1n) is 8.44. The Balaban J connectivity index is 1.98. The second-order valence-electron chi connectivity index (χ2n) is 6.71. The van der Waals surface area contributed by atoms with E-state index in [4.69, 9.17) is 5.73 Å². The van der Waals surface area contributed by atoms with E-state index in [2.05, 4.69) is 49.4 Å². The Morgan fingerprint density at radius 3 is 2.68 bits per heavy atom. The molecule has 0 amide bonds. The zero-order valence-corrected chi connectivity index (χ0v) is 13.2. The Morgan fingerprint density at radius 2 is 1.82 bits per heavy atom. The number of allylic oxidation sites excluding steroid dienone is 1. The van der Waals surface area contributed by atoms with Gasteiger partial charge >= 0.3 is 0 Å². The van der Waals surface area contributed by atoms with Crippen molar-refractivity contribution in [3.63, 3.8) is 0 Å². The van der Waals surface area contributed by atoms with Gasteiger partial charge < -0.3 is 5.73 Å². The van der Waals surface area contributed by atoms with Crippen LogP contribution in [0.15, 0.2) is 30.3 Å². The average Bonchev–Trinajstić information content (AvgIpc) is 2.54. The predicted molar refractivity (Wildman–Crippen MR) is 95.9 cm³/mol. The van der Waals surface area contributed by atoms with Crippen molar-refractivity contribution >= 4 is 28.5 Å². The van der Waals surface area contributed by atoms with Crippen molar-refractivity contribution in [2.24, 2.45) is 5.73 Å². The number of rotatable bonds is 2. The molecule has 1 atom stereocenters. The summed E-state index contributed by atoms with van der Waals surface area (Å²) in [6, 6.07) is 9.51. The van der Waals surface area contributed by atoms with E-state index in [9.17, 15) is 0 Å². The van der Waals surface area contributed by atoms with Crippen molar-refractivity contribution in [3.8, 4) is 0 Å². The summed E-state index contributed by atoms with van der Waals surface area (Å²) in [5, 5.41) is 5.72. The SMILES string of the molecule is CC(N)CC1=CCC=c2c1ccc1c3c(ccc21)CCCC=3. The highest BCUT2D eigenvalue weighted by Gasteiger charge is 2.13. The summed E-state index contributed by atoms with van der Waals surface area (Å²) in [6.45, 7) is 2.09. The van der Waals surface area contributed by atoms with Gasteiger partial charge in [-0.3, -0.25) is 0 Å². The van der Waals surface area contributed by atoms with E-state index in [0.717, 1.165) is 12.8 Å². The number of aryl methyl sites for hydroxylation is 1. The summed E-state index contributed by atoms with van der Waals surface area (Å²) in [5.41, 5.74) is 10.3. The Kier molecular flexibility index (Phi) is 3.38. The molecule has 0 aromatic heterocycles. The van der Waals surface area contributed by atoms with Crippen LogP contribution in [-0.4, -0.2) is 6.04 Å². The first kappa shape index (κ1) is 13.8. The third kappa shape index (κ3) is 2.21. The van der Waals surface area contributed by atoms with Gasteiger partial charge in [0.1, 0.15) is 0 Å². The molecule has 2 aromatic rings. The van der Waals surface area contributed by atoms with E-state index in [1.807, 2.05) is 0 Å². The fraction of sp³-hybridized carbons (Fsp3) is 0.333. The molecule has 0 saturated heterocycles. The minimum atomic E-state index is 0.213. The van der Waals surface area contributed by atoms with Crippen LogP contribution >= 0.6 is 0 Å². The Labute approximate surface area is 131 Å². The Morgan fingerprint density at radius 1 is 1.00 bits per heavy atom. The van der Waals surface area contributed by atoms with Crippen molar-refractivity contribution < 1.29 is 0 Å². The van der Waals surface area contributed by atoms with Crippen LogP contribution in [0.4, 0.5) is 0 Å². The minimum absolute atomic E-state index is 0.213. The number of benzene rings is 2. The fourth-order valence-corrected chi connectivity index (χ4v) is 3.96. The molecule has 1 nitrogen and oxygen atoms in total. The van der Waals surface area contributed by atoms with Crippen molar-refractivity contribution in [1.82, 2.24) is 0 Å². The topological polar surface area (TPSA) is 26.0 Å². The molecule has 2 aliphatic carbocycles. The van der Waals surface area contributed by atoms with Crippen LogP contribution in [0, 0.1) is 0 Å². The zero-order chi connectivity index (χ0) is 15.1. The van der Waals surface area contributed by atoms with Crippen molar-refractivity contribution in [1.29, 1.82) is 0 Å². The lowest BCUT2D eigenvalue weighted by atomic mass is 9.88. The van der Waals surface area contributed by atoms with Crippen molar-refractivity contribution in [3.05, 3.63) is 51.9 Å². The molecule has 0 spiro atoms. The maximum Gasteiger partial charge on any atom is 0.00510 e. The van der Waals surface area contributed by atoms with E-state index < -0.39 is 0 Å². The molecular formula is C21H23N. The average molecular weight is 289 g/mol. The molecule has 112 valence electrons. The van der Waals surface area contributed by atoms with Gasteiger partial charge in [0.25, 0.3) is 0 Å². The van der Waals surface area contributed by atoms with Gasteiger partial charge in [-0.25, -0.2) is 0 Å². The fourth-order valence-electron chi connectivity index (χ4n) is 3.96. The summed E-state index contributed by atoms with van der Waals surface area (Å²) in [4.78, 5) is 0. The molecule has 0 fully saturated rings. The molecule has 2 N–H and O–H groups in total. The molecule has 1 unspecified atom stereocenters. The van der Waals surface area contributed by atoms with Crippen LogP contribution in [0.5, 0.6) is 0 Å². The van der Waals surface area contributed by atoms with Crippen LogP contribution in [0.1, 0.15) is 43.7 Å². The largest absolute Gasteiger partial charge is 0.328 e. The molecule has 4 rings (SSSR count). The van der Waals surface area contributed by atoms with Gasteiger partial charge in [-0.1, -0.05) is 42.5 Å². The Hall–Kier alpha value is -1.86. The maximum absolute atomic E-state index is 6.03. The van der Waals surface area contributed by atoms with E-state index in [1.54, 1.807) is 0 Å². The smallest absolute Gasteiger partial charge is 0.00510 e. The van der Waals surface area contributed by atoms with Crippen LogP contribution in [0.3, 0.4) is 0 Å². The van der Waals surface area contributed by atoms with Crippen molar-refractivity contribution in [2.45, 2.75) is 45.1 Å². The maximum atomic E-state index is 6.03. The summed E-state index contributed by atoms with van der Waals surface area (Å²) in [7, 11) is 0. The van der Waals surface area contributed by atoms with E-state index in [-0.39, 0.29) is 6.04 Å². The van der Waals surface area contributed by atoms with Crippen LogP contribution in [-0.2, 0) is 6.42 Å². The molecule has 0 saturated carbocycles. The lowest BCUT2D eigenvalue weighted by Crippen LogP contribution is -2.22. The first-order valence-corrected chi connectivity index (χ1v) is 8.44. The molecular weight excluding hydrogens is 266 g/mol. The van der Waals surface area contributed by atoms with E-state index in [1.165, 1.54) is 57.2 Å². The van der Waals surface area contributed by atoms with E-state index in [0.29, 0.717) is 0 Å². The first-order chi connectivity index (χ1) is 10.7. The third-order valence-electron chi connectivity index (χ3n) is 4.95. The molecule has 2 aromatic carbocycles. The van der Waals surface area contributed by atoms with Gasteiger partial charge in [-0.05, 0) is 76.9 Å². The van der Waals surface area contributed by atoms with Gasteiger partial charge in [-0.15, -0.1) is 0 Å². The minimum Gasteiger partial charge on any atom is -0.328 e. The lowest BCUT2D eigenvalue weighted by Gasteiger charge is -2.18. The molecule has 0 bridgehead atoms. The van der Waals surface area contributed by atoms with Gasteiger partial charge in [0.15, 0.2) is 0 Å². The Bertz CT molecular complexity index is 884. The molecule has 22 heavy (non-hydrogen) atoms. The standard InChI is InChI=1S/C21H23N/c1-14(22)13-16-6-4-8-19-18(16)11-12-20-17-7-3-2-5-15(17)9-10-21(19)20/h6-12,14H,2-5,13,22H2,1H3. The quantitative estimate of drug-likeness (QED) is 0.902. The summed E-state index contributed by atoms with van der Waals surface area (Å²) < 4.78 is 0. The number of hydrogen-bond donors (Lipinski definition) is 1. The van der Waals surface area contributed by atoms with Gasteiger partial charge in [0, 0.05) is 6.04 Å². The van der Waals surface area contributed by atoms with Gasteiger partial charge in [-0.2, -0.15) is 0 Å². The number of nitrogens with two attached hydrogens (primary N) is 1. The lowest BCUT2D eigenvalue weighted by molar-refractivity contribution is 0.766. The van der Waals surface area contributed by atoms with E-state index >= 15 is 0 Å². The summed E-state index contributed by atoms with van der Waals surface area (Å²) >= 11 is 0. The third-order valence-corrected chi connectivity index (χ3v) is 4.95. The number of fused-ring (bicyclic) bond motifs is 5. The van der Waals surface area contributed by atoms with Crippen molar-refractivity contribution in [2.75, 3.05) is 0 Å².